The SMILES string of the molecule is Cc1ccc(C)c(S(=O)(=O)N2CC(C(N)=O)Oc3ccccc32)c1. The summed E-state index contributed by atoms with van der Waals surface area (Å²) in [5.74, 6) is -0.382. The van der Waals surface area contributed by atoms with Crippen LogP contribution >= 0.6 is 0 Å². The maximum atomic E-state index is 13.2. The highest BCUT2D eigenvalue weighted by Gasteiger charge is 2.37. The molecule has 1 amide bonds. The summed E-state index contributed by atoms with van der Waals surface area (Å²) in [5, 5.41) is 0. The Morgan fingerprint density at radius 1 is 1.21 bits per heavy atom. The number of benzene rings is 2. The van der Waals surface area contributed by atoms with Crippen LogP contribution in [0.4, 0.5) is 5.69 Å². The summed E-state index contributed by atoms with van der Waals surface area (Å²) >= 11 is 0. The highest BCUT2D eigenvalue weighted by atomic mass is 32.2. The first kappa shape index (κ1) is 16.3. The Balaban J connectivity index is 2.16. The highest BCUT2D eigenvalue weighted by Crippen LogP contribution is 2.37. The van der Waals surface area contributed by atoms with Gasteiger partial charge in [-0.2, -0.15) is 0 Å². The molecule has 1 atom stereocenters. The lowest BCUT2D eigenvalue weighted by Crippen LogP contribution is -2.49. The fraction of sp³-hybridized carbons (Fsp3) is 0.235. The zero-order valence-corrected chi connectivity index (χ0v) is 14.2. The third-order valence-corrected chi connectivity index (χ3v) is 5.89. The third kappa shape index (κ3) is 2.71. The summed E-state index contributed by atoms with van der Waals surface area (Å²) in [6.45, 7) is 3.42. The van der Waals surface area contributed by atoms with Crippen molar-refractivity contribution in [3.63, 3.8) is 0 Å². The second kappa shape index (κ2) is 5.83. The van der Waals surface area contributed by atoms with E-state index in [2.05, 4.69) is 0 Å². The number of primary amides is 1. The van der Waals surface area contributed by atoms with E-state index >= 15 is 0 Å². The van der Waals surface area contributed by atoms with Crippen LogP contribution in [0.15, 0.2) is 47.4 Å². The fourth-order valence-corrected chi connectivity index (χ4v) is 4.47. The predicted molar refractivity (Wildman–Crippen MR) is 90.5 cm³/mol. The van der Waals surface area contributed by atoms with E-state index < -0.39 is 22.0 Å². The van der Waals surface area contributed by atoms with Crippen molar-refractivity contribution < 1.29 is 17.9 Å². The third-order valence-electron chi connectivity index (χ3n) is 3.96. The number of carbonyl (C=O) groups excluding carboxylic acids is 1. The lowest BCUT2D eigenvalue weighted by molar-refractivity contribution is -0.124. The average molecular weight is 346 g/mol. The molecule has 0 radical (unpaired) electrons. The number of hydrogen-bond donors (Lipinski definition) is 1. The quantitative estimate of drug-likeness (QED) is 0.917. The van der Waals surface area contributed by atoms with Gasteiger partial charge in [0.15, 0.2) is 6.10 Å². The molecule has 0 fully saturated rings. The van der Waals surface area contributed by atoms with E-state index in [0.29, 0.717) is 17.0 Å². The highest BCUT2D eigenvalue weighted by molar-refractivity contribution is 7.92. The van der Waals surface area contributed by atoms with Crippen molar-refractivity contribution in [3.05, 3.63) is 53.6 Å². The first-order valence-corrected chi connectivity index (χ1v) is 8.89. The molecule has 2 aromatic carbocycles. The van der Waals surface area contributed by atoms with Crippen LogP contribution in [0, 0.1) is 13.8 Å². The van der Waals surface area contributed by atoms with Gasteiger partial charge >= 0.3 is 0 Å². The van der Waals surface area contributed by atoms with Gasteiger partial charge in [-0.3, -0.25) is 9.10 Å². The summed E-state index contributed by atoms with van der Waals surface area (Å²) in [6.07, 6.45) is -1.03. The number of hydrogen-bond acceptors (Lipinski definition) is 4. The van der Waals surface area contributed by atoms with Crippen molar-refractivity contribution in [2.24, 2.45) is 5.73 Å². The van der Waals surface area contributed by atoms with Gasteiger partial charge in [-0.25, -0.2) is 8.42 Å². The van der Waals surface area contributed by atoms with Crippen LogP contribution in [0.3, 0.4) is 0 Å². The molecule has 0 saturated carbocycles. The molecule has 1 aliphatic rings. The summed E-state index contributed by atoms with van der Waals surface area (Å²) in [5.41, 5.74) is 7.22. The number of carbonyl (C=O) groups is 1. The Labute approximate surface area is 140 Å². The molecule has 0 aliphatic carbocycles. The number of rotatable bonds is 3. The summed E-state index contributed by atoms with van der Waals surface area (Å²) in [4.78, 5) is 11.8. The number of nitrogens with zero attached hydrogens (tertiary/aromatic N) is 1. The zero-order chi connectivity index (χ0) is 17.5. The number of para-hydroxylation sites is 2. The van der Waals surface area contributed by atoms with Crippen molar-refractivity contribution in [1.29, 1.82) is 0 Å². The molecule has 1 aliphatic heterocycles. The van der Waals surface area contributed by atoms with Gasteiger partial charge in [0.25, 0.3) is 15.9 Å². The molecular formula is C17H18N2O4S. The van der Waals surface area contributed by atoms with E-state index in [4.69, 9.17) is 10.5 Å². The first-order chi connectivity index (χ1) is 11.3. The van der Waals surface area contributed by atoms with Crippen molar-refractivity contribution in [3.8, 4) is 5.75 Å². The number of amides is 1. The molecule has 2 N–H and O–H groups in total. The number of aryl methyl sites for hydroxylation is 2. The summed E-state index contributed by atoms with van der Waals surface area (Å²) in [6, 6.07) is 11.9. The Morgan fingerprint density at radius 2 is 1.92 bits per heavy atom. The standard InChI is InChI=1S/C17H18N2O4S/c1-11-7-8-12(2)16(9-11)24(21,22)19-10-15(17(18)20)23-14-6-4-3-5-13(14)19/h3-9,15H,10H2,1-2H3,(H2,18,20). The largest absolute Gasteiger partial charge is 0.476 e. The molecule has 126 valence electrons. The second-order valence-corrected chi connectivity index (χ2v) is 7.61. The van der Waals surface area contributed by atoms with Crippen LogP contribution in [0.2, 0.25) is 0 Å². The minimum atomic E-state index is -3.85. The number of fused-ring (bicyclic) bond motifs is 1. The molecule has 6 nitrogen and oxygen atoms in total. The lowest BCUT2D eigenvalue weighted by atomic mass is 10.2. The second-order valence-electron chi connectivity index (χ2n) is 5.78. The van der Waals surface area contributed by atoms with E-state index in [1.165, 1.54) is 4.31 Å². The Morgan fingerprint density at radius 3 is 2.62 bits per heavy atom. The molecule has 7 heteroatoms. The minimum Gasteiger partial charge on any atom is -0.476 e. The van der Waals surface area contributed by atoms with E-state index in [1.54, 1.807) is 43.3 Å². The smallest absolute Gasteiger partial charge is 0.264 e. The van der Waals surface area contributed by atoms with Gasteiger partial charge in [0, 0.05) is 0 Å². The van der Waals surface area contributed by atoms with Gasteiger partial charge in [0.1, 0.15) is 5.75 Å². The number of nitrogens with two attached hydrogens (primary N) is 1. The van der Waals surface area contributed by atoms with Gasteiger partial charge in [0.2, 0.25) is 0 Å². The van der Waals surface area contributed by atoms with Gasteiger partial charge in [-0.15, -0.1) is 0 Å². The van der Waals surface area contributed by atoms with E-state index in [-0.39, 0.29) is 11.4 Å². The molecule has 0 bridgehead atoms. The summed E-state index contributed by atoms with van der Waals surface area (Å²) < 4.78 is 33.1. The van der Waals surface area contributed by atoms with Crippen LogP contribution in [0.5, 0.6) is 5.75 Å². The molecule has 1 unspecified atom stereocenters. The first-order valence-electron chi connectivity index (χ1n) is 7.45. The maximum absolute atomic E-state index is 13.2. The minimum absolute atomic E-state index is 0.151. The zero-order valence-electron chi connectivity index (χ0n) is 13.4. The fourth-order valence-electron chi connectivity index (χ4n) is 2.68. The number of ether oxygens (including phenoxy) is 1. The Kier molecular flexibility index (Phi) is 3.96. The Hall–Kier alpha value is -2.54. The van der Waals surface area contributed by atoms with Crippen LogP contribution in [0.25, 0.3) is 0 Å². The lowest BCUT2D eigenvalue weighted by Gasteiger charge is -2.34. The van der Waals surface area contributed by atoms with E-state index in [9.17, 15) is 13.2 Å². The van der Waals surface area contributed by atoms with Crippen LogP contribution in [-0.2, 0) is 14.8 Å². The van der Waals surface area contributed by atoms with Gasteiger partial charge < -0.3 is 10.5 Å². The van der Waals surface area contributed by atoms with Crippen molar-refractivity contribution in [2.75, 3.05) is 10.8 Å². The predicted octanol–water partition coefficient (Wildman–Crippen LogP) is 1.75. The van der Waals surface area contributed by atoms with Gasteiger partial charge in [-0.1, -0.05) is 24.3 Å². The molecular weight excluding hydrogens is 328 g/mol. The topological polar surface area (TPSA) is 89.7 Å². The van der Waals surface area contributed by atoms with E-state index in [0.717, 1.165) is 5.56 Å². The number of anilines is 1. The normalized spacial score (nSPS) is 17.1. The average Bonchev–Trinajstić information content (AvgIpc) is 2.55. The van der Waals surface area contributed by atoms with Gasteiger partial charge in [-0.05, 0) is 43.2 Å². The molecule has 0 saturated heterocycles. The molecule has 2 aromatic rings. The molecule has 3 rings (SSSR count). The van der Waals surface area contributed by atoms with Crippen LogP contribution in [0.1, 0.15) is 11.1 Å². The molecule has 1 heterocycles. The van der Waals surface area contributed by atoms with Gasteiger partial charge in [0.05, 0.1) is 17.1 Å². The number of sulfonamides is 1. The Bertz CT molecular complexity index is 909. The summed E-state index contributed by atoms with van der Waals surface area (Å²) in [7, 11) is -3.85. The molecule has 0 aromatic heterocycles. The van der Waals surface area contributed by atoms with Crippen molar-refractivity contribution in [1.82, 2.24) is 0 Å². The van der Waals surface area contributed by atoms with Crippen molar-refractivity contribution >= 4 is 21.6 Å². The van der Waals surface area contributed by atoms with Crippen LogP contribution in [-0.4, -0.2) is 27.0 Å². The monoisotopic (exact) mass is 346 g/mol. The molecule has 0 spiro atoms. The maximum Gasteiger partial charge on any atom is 0.264 e. The van der Waals surface area contributed by atoms with Crippen LogP contribution < -0.4 is 14.8 Å². The molecule has 24 heavy (non-hydrogen) atoms. The van der Waals surface area contributed by atoms with Crippen molar-refractivity contribution in [2.45, 2.75) is 24.8 Å². The van der Waals surface area contributed by atoms with E-state index in [1.807, 2.05) is 13.0 Å².